The second kappa shape index (κ2) is 5.68. The Morgan fingerprint density at radius 3 is 2.78 bits per heavy atom. The third-order valence-corrected chi connectivity index (χ3v) is 4.79. The third kappa shape index (κ3) is 2.93. The lowest BCUT2D eigenvalue weighted by Gasteiger charge is -2.21. The Kier molecular flexibility index (Phi) is 3.83. The number of rotatable bonds is 2. The quantitative estimate of drug-likeness (QED) is 0.878. The molecule has 1 unspecified atom stereocenters. The molecule has 1 aliphatic heterocycles. The van der Waals surface area contributed by atoms with E-state index >= 15 is 0 Å². The summed E-state index contributed by atoms with van der Waals surface area (Å²) in [5.41, 5.74) is 1.40. The SMILES string of the molecule is CC1(C(=O)O)CCN(C(=O)Nc2ccc3c(c2)C(=O)CCC3)C1. The first-order valence-corrected chi connectivity index (χ1v) is 7.84. The molecule has 1 atom stereocenters. The monoisotopic (exact) mass is 316 g/mol. The van der Waals surface area contributed by atoms with Crippen LogP contribution in [0.5, 0.6) is 0 Å². The van der Waals surface area contributed by atoms with Crippen molar-refractivity contribution >= 4 is 23.5 Å². The normalized spacial score (nSPS) is 23.5. The van der Waals surface area contributed by atoms with E-state index in [0.29, 0.717) is 30.6 Å². The minimum Gasteiger partial charge on any atom is -0.481 e. The summed E-state index contributed by atoms with van der Waals surface area (Å²) in [4.78, 5) is 37.0. The van der Waals surface area contributed by atoms with Gasteiger partial charge in [0.2, 0.25) is 0 Å². The van der Waals surface area contributed by atoms with Crippen LogP contribution in [-0.4, -0.2) is 40.9 Å². The highest BCUT2D eigenvalue weighted by Crippen LogP contribution is 2.31. The average molecular weight is 316 g/mol. The molecule has 1 aliphatic carbocycles. The van der Waals surface area contributed by atoms with Crippen molar-refractivity contribution in [2.75, 3.05) is 18.4 Å². The van der Waals surface area contributed by atoms with Crippen LogP contribution in [-0.2, 0) is 11.2 Å². The molecule has 1 fully saturated rings. The van der Waals surface area contributed by atoms with Crippen molar-refractivity contribution in [1.29, 1.82) is 0 Å². The maximum atomic E-state index is 12.3. The Hall–Kier alpha value is -2.37. The second-order valence-electron chi connectivity index (χ2n) is 6.62. The molecular weight excluding hydrogens is 296 g/mol. The van der Waals surface area contributed by atoms with Gasteiger partial charge in [-0.2, -0.15) is 0 Å². The summed E-state index contributed by atoms with van der Waals surface area (Å²) >= 11 is 0. The number of urea groups is 1. The minimum absolute atomic E-state index is 0.113. The fourth-order valence-corrected chi connectivity index (χ4v) is 3.22. The van der Waals surface area contributed by atoms with Crippen molar-refractivity contribution in [1.82, 2.24) is 4.90 Å². The Labute approximate surface area is 134 Å². The summed E-state index contributed by atoms with van der Waals surface area (Å²) in [6.07, 6.45) is 2.75. The predicted octanol–water partition coefficient (Wildman–Crippen LogP) is 2.53. The Morgan fingerprint density at radius 2 is 2.09 bits per heavy atom. The first-order valence-electron chi connectivity index (χ1n) is 7.84. The summed E-state index contributed by atoms with van der Waals surface area (Å²) in [7, 11) is 0. The van der Waals surface area contributed by atoms with Gasteiger partial charge in [-0.05, 0) is 43.9 Å². The van der Waals surface area contributed by atoms with E-state index in [0.717, 1.165) is 18.4 Å². The number of hydrogen-bond acceptors (Lipinski definition) is 3. The number of Topliss-reactive ketones (excluding diaryl/α,β-unsaturated/α-hetero) is 1. The first-order chi connectivity index (χ1) is 10.9. The fraction of sp³-hybridized carbons (Fsp3) is 0.471. The van der Waals surface area contributed by atoms with Gasteiger partial charge in [0.25, 0.3) is 0 Å². The molecule has 1 aromatic carbocycles. The molecule has 0 saturated carbocycles. The maximum Gasteiger partial charge on any atom is 0.321 e. The lowest BCUT2D eigenvalue weighted by atomic mass is 9.90. The molecule has 3 rings (SSSR count). The molecule has 0 aromatic heterocycles. The number of carboxylic acids is 1. The van der Waals surface area contributed by atoms with Gasteiger partial charge in [-0.15, -0.1) is 0 Å². The number of amides is 2. The topological polar surface area (TPSA) is 86.7 Å². The number of anilines is 1. The predicted molar refractivity (Wildman–Crippen MR) is 84.7 cm³/mol. The number of carbonyl (C=O) groups excluding carboxylic acids is 2. The highest BCUT2D eigenvalue weighted by Gasteiger charge is 2.42. The number of nitrogens with zero attached hydrogens (tertiary/aromatic N) is 1. The zero-order chi connectivity index (χ0) is 16.6. The summed E-state index contributed by atoms with van der Waals surface area (Å²) in [6.45, 7) is 2.26. The number of likely N-dealkylation sites (tertiary alicyclic amines) is 1. The van der Waals surface area contributed by atoms with Crippen molar-refractivity contribution in [3.05, 3.63) is 29.3 Å². The molecule has 122 valence electrons. The van der Waals surface area contributed by atoms with Crippen LogP contribution in [0.2, 0.25) is 0 Å². The largest absolute Gasteiger partial charge is 0.481 e. The Bertz CT molecular complexity index is 685. The number of nitrogens with one attached hydrogen (secondary N) is 1. The van der Waals surface area contributed by atoms with Gasteiger partial charge in [-0.25, -0.2) is 4.79 Å². The summed E-state index contributed by atoms with van der Waals surface area (Å²) < 4.78 is 0. The van der Waals surface area contributed by atoms with E-state index in [-0.39, 0.29) is 18.4 Å². The van der Waals surface area contributed by atoms with Crippen LogP contribution in [0, 0.1) is 5.41 Å². The van der Waals surface area contributed by atoms with Crippen LogP contribution in [0.1, 0.15) is 42.1 Å². The zero-order valence-electron chi connectivity index (χ0n) is 13.1. The molecule has 0 spiro atoms. The van der Waals surface area contributed by atoms with Crippen molar-refractivity contribution in [3.63, 3.8) is 0 Å². The number of fused-ring (bicyclic) bond motifs is 1. The lowest BCUT2D eigenvalue weighted by molar-refractivity contribution is -0.146. The number of aliphatic carboxylic acids is 1. The van der Waals surface area contributed by atoms with Crippen molar-refractivity contribution < 1.29 is 19.5 Å². The molecule has 0 radical (unpaired) electrons. The molecule has 1 aromatic rings. The molecule has 0 bridgehead atoms. The van der Waals surface area contributed by atoms with Crippen molar-refractivity contribution in [2.45, 2.75) is 32.6 Å². The van der Waals surface area contributed by atoms with E-state index in [4.69, 9.17) is 0 Å². The number of aryl methyl sites for hydroxylation is 1. The van der Waals surface area contributed by atoms with Gasteiger partial charge >= 0.3 is 12.0 Å². The first kappa shape index (κ1) is 15.5. The smallest absolute Gasteiger partial charge is 0.321 e. The van der Waals surface area contributed by atoms with Crippen molar-refractivity contribution in [2.24, 2.45) is 5.41 Å². The minimum atomic E-state index is -0.886. The van der Waals surface area contributed by atoms with Gasteiger partial charge in [0.05, 0.1) is 5.41 Å². The summed E-state index contributed by atoms with van der Waals surface area (Å²) in [5, 5.41) is 12.0. The maximum absolute atomic E-state index is 12.3. The number of carbonyl (C=O) groups is 3. The standard InChI is InChI=1S/C17H20N2O4/c1-17(15(21)22)7-8-19(10-17)16(23)18-12-6-5-11-3-2-4-14(20)13(11)9-12/h5-6,9H,2-4,7-8,10H2,1H3,(H,18,23)(H,21,22). The number of ketones is 1. The molecular formula is C17H20N2O4. The van der Waals surface area contributed by atoms with Crippen LogP contribution in [0.25, 0.3) is 0 Å². The number of carboxylic acid groups (broad SMARTS) is 1. The van der Waals surface area contributed by atoms with Gasteiger partial charge in [-0.1, -0.05) is 6.07 Å². The highest BCUT2D eigenvalue weighted by atomic mass is 16.4. The highest BCUT2D eigenvalue weighted by molar-refractivity contribution is 6.00. The van der Waals surface area contributed by atoms with E-state index in [9.17, 15) is 19.5 Å². The Balaban J connectivity index is 1.71. The van der Waals surface area contributed by atoms with Crippen LogP contribution in [0.3, 0.4) is 0 Å². The van der Waals surface area contributed by atoms with Gasteiger partial charge in [0, 0.05) is 30.8 Å². The molecule has 23 heavy (non-hydrogen) atoms. The Morgan fingerprint density at radius 1 is 1.30 bits per heavy atom. The third-order valence-electron chi connectivity index (χ3n) is 4.79. The second-order valence-corrected chi connectivity index (χ2v) is 6.62. The average Bonchev–Trinajstić information content (AvgIpc) is 2.92. The molecule has 2 amide bonds. The number of hydrogen-bond donors (Lipinski definition) is 2. The molecule has 2 N–H and O–H groups in total. The molecule has 6 heteroatoms. The molecule has 1 saturated heterocycles. The van der Waals surface area contributed by atoms with Gasteiger partial charge < -0.3 is 15.3 Å². The van der Waals surface area contributed by atoms with E-state index < -0.39 is 11.4 Å². The van der Waals surface area contributed by atoms with E-state index in [1.807, 2.05) is 6.07 Å². The zero-order valence-corrected chi connectivity index (χ0v) is 13.1. The van der Waals surface area contributed by atoms with E-state index in [1.54, 1.807) is 19.1 Å². The van der Waals surface area contributed by atoms with Gasteiger partial charge in [0.15, 0.2) is 5.78 Å². The van der Waals surface area contributed by atoms with Crippen LogP contribution >= 0.6 is 0 Å². The van der Waals surface area contributed by atoms with Crippen LogP contribution in [0.15, 0.2) is 18.2 Å². The number of benzene rings is 1. The van der Waals surface area contributed by atoms with Gasteiger partial charge in [-0.3, -0.25) is 9.59 Å². The summed E-state index contributed by atoms with van der Waals surface area (Å²) in [6, 6.07) is 5.08. The molecule has 1 heterocycles. The van der Waals surface area contributed by atoms with Crippen LogP contribution < -0.4 is 5.32 Å². The van der Waals surface area contributed by atoms with Crippen molar-refractivity contribution in [3.8, 4) is 0 Å². The molecule has 2 aliphatic rings. The molecule has 6 nitrogen and oxygen atoms in total. The van der Waals surface area contributed by atoms with E-state index in [2.05, 4.69) is 5.32 Å². The summed E-state index contributed by atoms with van der Waals surface area (Å²) in [5.74, 6) is -0.769. The fourth-order valence-electron chi connectivity index (χ4n) is 3.22. The lowest BCUT2D eigenvalue weighted by Crippen LogP contribution is -2.37. The van der Waals surface area contributed by atoms with Crippen LogP contribution in [0.4, 0.5) is 10.5 Å². The van der Waals surface area contributed by atoms with E-state index in [1.165, 1.54) is 4.90 Å². The van der Waals surface area contributed by atoms with Gasteiger partial charge in [0.1, 0.15) is 0 Å².